The highest BCUT2D eigenvalue weighted by atomic mass is 19.4. The first-order chi connectivity index (χ1) is 46.2. The fourth-order valence-electron chi connectivity index (χ4n) is 12.4. The Morgan fingerprint density at radius 3 is 1.19 bits per heavy atom. The van der Waals surface area contributed by atoms with E-state index in [-0.39, 0.29) is 51.3 Å². The van der Waals surface area contributed by atoms with Crippen molar-refractivity contribution in [3.63, 3.8) is 0 Å². The summed E-state index contributed by atoms with van der Waals surface area (Å²) < 4.78 is 50.3. The van der Waals surface area contributed by atoms with E-state index < -0.39 is 11.7 Å². The molecule has 16 heteroatoms. The molecule has 13 nitrogen and oxygen atoms in total. The molecule has 0 saturated heterocycles. The van der Waals surface area contributed by atoms with Crippen LogP contribution < -0.4 is 0 Å². The van der Waals surface area contributed by atoms with Gasteiger partial charge in [-0.1, -0.05) is 103 Å². The molecule has 0 fully saturated rings. The summed E-state index contributed by atoms with van der Waals surface area (Å²) in [7, 11) is 0. The van der Waals surface area contributed by atoms with E-state index in [1.165, 1.54) is 18.2 Å². The number of nitrogens with zero attached hydrogens (tertiary/aromatic N) is 13. The minimum atomic E-state index is -4.84. The van der Waals surface area contributed by atoms with Gasteiger partial charge >= 0.3 is 6.18 Å². The average molecular weight is 1230 g/mol. The third-order valence-electron chi connectivity index (χ3n) is 16.9. The molecule has 0 aliphatic carbocycles. The van der Waals surface area contributed by atoms with E-state index in [4.69, 9.17) is 41.2 Å². The highest BCUT2D eigenvalue weighted by Gasteiger charge is 2.33. The molecular formula is C79H38F3N13. The van der Waals surface area contributed by atoms with Gasteiger partial charge in [-0.3, -0.25) is 0 Å². The second-order valence-electron chi connectivity index (χ2n) is 22.3. The van der Waals surface area contributed by atoms with Gasteiger partial charge in [0.15, 0.2) is 40.2 Å². The predicted octanol–water partition coefficient (Wildman–Crippen LogP) is 20.8. The molecule has 0 spiro atoms. The lowest BCUT2D eigenvalue weighted by atomic mass is 9.97. The summed E-state index contributed by atoms with van der Waals surface area (Å²) in [6, 6.07) is 69.3. The lowest BCUT2D eigenvalue weighted by molar-refractivity contribution is -0.137. The molecule has 0 saturated carbocycles. The zero-order chi connectivity index (χ0) is 65.8. The van der Waals surface area contributed by atoms with Gasteiger partial charge in [-0.2, -0.15) is 34.2 Å². The zero-order valence-electron chi connectivity index (χ0n) is 49.7. The first-order valence-corrected chi connectivity index (χ1v) is 29.2. The van der Waals surface area contributed by atoms with E-state index in [9.17, 15) is 21.0 Å². The van der Waals surface area contributed by atoms with Crippen molar-refractivity contribution < 1.29 is 13.2 Å². The average Bonchev–Trinajstić information content (AvgIpc) is 1.60. The monoisotopic (exact) mass is 1230 g/mol. The van der Waals surface area contributed by atoms with Crippen LogP contribution in [0, 0.1) is 78.5 Å². The van der Waals surface area contributed by atoms with Crippen molar-refractivity contribution in [3.8, 4) is 114 Å². The number of rotatable bonds is 9. The summed E-state index contributed by atoms with van der Waals surface area (Å²) in [4.78, 5) is 30.2. The Kier molecular flexibility index (Phi) is 14.3. The maximum absolute atomic E-state index is 15.5. The molecule has 11 aromatic carbocycles. The number of halogens is 3. The molecule has 0 radical (unpaired) electrons. The van der Waals surface area contributed by atoms with Gasteiger partial charge < -0.3 is 9.13 Å². The molecule has 0 amide bonds. The standard InChI is InChI=1S/C79H38F3N13/c1-45-11-25-74(94-70-26-14-49(58-23-19-56(87-2)34-53(58)43-85)36-62(70)64-38-51(16-28-72(64)94)60-21-12-46(41-83)32-68(60)89-4)66(31-45)77-91-76(48-9-7-6-8-10-48)92-78(93-77)67-40-55(79(80,81)82)18-30-75(67)95-71-27-15-50(59-24-20-57(88-3)35-54(59)44-86)37-63(71)65-39-52(17-29-73(65)95)61-22-13-47(42-84)33-69(61)90-5/h6-40H,1H3. The number of aryl methyl sites for hydroxylation is 1. The van der Waals surface area contributed by atoms with Gasteiger partial charge in [0.1, 0.15) is 0 Å². The summed E-state index contributed by atoms with van der Waals surface area (Å²) in [5.41, 5.74) is 11.4. The van der Waals surface area contributed by atoms with Crippen molar-refractivity contribution in [1.29, 1.82) is 21.0 Å². The third-order valence-corrected chi connectivity index (χ3v) is 16.9. The van der Waals surface area contributed by atoms with Gasteiger partial charge in [-0.05, 0) is 167 Å². The van der Waals surface area contributed by atoms with Crippen LogP contribution in [0.4, 0.5) is 35.9 Å². The molecule has 0 atom stereocenters. The van der Waals surface area contributed by atoms with Crippen LogP contribution in [0.25, 0.3) is 153 Å². The van der Waals surface area contributed by atoms with Crippen LogP contribution in [0.5, 0.6) is 0 Å². The Morgan fingerprint density at radius 2 is 0.779 bits per heavy atom. The summed E-state index contributed by atoms with van der Waals surface area (Å²) in [5, 5.41) is 43.0. The quantitative estimate of drug-likeness (QED) is 0.130. The van der Waals surface area contributed by atoms with E-state index in [0.717, 1.165) is 28.5 Å². The molecule has 440 valence electrons. The Bertz CT molecular complexity index is 5770. The normalized spacial score (nSPS) is 11.1. The summed E-state index contributed by atoms with van der Waals surface area (Å²) in [6.45, 7) is 33.4. The number of alkyl halides is 3. The molecule has 3 aromatic heterocycles. The van der Waals surface area contributed by atoms with Gasteiger partial charge in [0.25, 0.3) is 0 Å². The zero-order valence-corrected chi connectivity index (χ0v) is 49.7. The topological polar surface area (TPSA) is 161 Å². The Morgan fingerprint density at radius 1 is 0.368 bits per heavy atom. The van der Waals surface area contributed by atoms with Crippen molar-refractivity contribution in [2.45, 2.75) is 13.1 Å². The molecule has 0 unspecified atom stereocenters. The molecule has 14 rings (SSSR count). The van der Waals surface area contributed by atoms with E-state index in [2.05, 4.69) is 48.2 Å². The Hall–Kier alpha value is -14.3. The van der Waals surface area contributed by atoms with Crippen LogP contribution in [0.15, 0.2) is 212 Å². The van der Waals surface area contributed by atoms with Gasteiger partial charge in [-0.15, -0.1) is 0 Å². The molecule has 3 heterocycles. The number of aromatic nitrogens is 5. The van der Waals surface area contributed by atoms with Crippen molar-refractivity contribution in [3.05, 3.63) is 291 Å². The smallest absolute Gasteiger partial charge is 0.309 e. The van der Waals surface area contributed by atoms with Crippen molar-refractivity contribution in [2.75, 3.05) is 0 Å². The number of nitriles is 4. The molecule has 0 aliphatic rings. The largest absolute Gasteiger partial charge is 0.416 e. The SMILES string of the molecule is [C-]#[N+]c1ccc(-c2ccc3c(c2)c2cc(-c4ccc(C#N)cc4[N+]#[C-])ccc2n3-c2ccc(C)cc2-c2nc(-c3ccccc3)nc(-c3cc(C(F)(F)F)ccc3-n3c4ccc(-c5ccc([N+]#[C-])cc5C#N)cc4c4cc(-c5ccc(C#N)cc5[N+]#[C-])ccc43)n2)c(C#N)c1. The highest BCUT2D eigenvalue weighted by Crippen LogP contribution is 2.46. The van der Waals surface area contributed by atoms with Crippen LogP contribution >= 0.6 is 0 Å². The fourth-order valence-corrected chi connectivity index (χ4v) is 12.4. The van der Waals surface area contributed by atoms with Crippen LogP contribution in [-0.4, -0.2) is 24.1 Å². The molecule has 0 bridgehead atoms. The van der Waals surface area contributed by atoms with Gasteiger partial charge in [0, 0.05) is 60.5 Å². The highest BCUT2D eigenvalue weighted by molar-refractivity contribution is 6.14. The van der Waals surface area contributed by atoms with E-state index in [0.29, 0.717) is 117 Å². The van der Waals surface area contributed by atoms with Crippen molar-refractivity contribution >= 4 is 66.4 Å². The minimum absolute atomic E-state index is 0.00891. The molecule has 0 aliphatic heterocycles. The van der Waals surface area contributed by atoms with Gasteiger partial charge in [0.05, 0.1) is 89.6 Å². The lowest BCUT2D eigenvalue weighted by Gasteiger charge is -2.18. The predicted molar refractivity (Wildman–Crippen MR) is 360 cm³/mol. The summed E-state index contributed by atoms with van der Waals surface area (Å²) >= 11 is 0. The number of benzene rings is 11. The summed E-state index contributed by atoms with van der Waals surface area (Å²) in [6.07, 6.45) is -4.84. The van der Waals surface area contributed by atoms with E-state index in [1.54, 1.807) is 72.8 Å². The molecule has 14 aromatic rings. The van der Waals surface area contributed by atoms with Crippen LogP contribution in [0.1, 0.15) is 33.4 Å². The first kappa shape index (κ1) is 58.4. The fraction of sp³-hybridized carbons (Fsp3) is 0.0253. The van der Waals surface area contributed by atoms with Crippen LogP contribution in [-0.2, 0) is 6.18 Å². The van der Waals surface area contributed by atoms with Crippen molar-refractivity contribution in [1.82, 2.24) is 24.1 Å². The third kappa shape index (κ3) is 10.2. The number of hydrogen-bond acceptors (Lipinski definition) is 7. The molecular weight excluding hydrogens is 1190 g/mol. The number of fused-ring (bicyclic) bond motifs is 6. The minimum Gasteiger partial charge on any atom is -0.309 e. The van der Waals surface area contributed by atoms with Gasteiger partial charge in [0.2, 0.25) is 0 Å². The lowest BCUT2D eigenvalue weighted by Crippen LogP contribution is -2.09. The summed E-state index contributed by atoms with van der Waals surface area (Å²) in [5.74, 6) is 0.167. The number of hydrogen-bond donors (Lipinski definition) is 0. The molecule has 95 heavy (non-hydrogen) atoms. The van der Waals surface area contributed by atoms with Crippen LogP contribution in [0.3, 0.4) is 0 Å². The molecule has 0 N–H and O–H groups in total. The van der Waals surface area contributed by atoms with E-state index >= 15 is 13.2 Å². The Balaban J connectivity index is 1.03. The van der Waals surface area contributed by atoms with Crippen molar-refractivity contribution in [2.24, 2.45) is 0 Å². The second kappa shape index (κ2) is 23.3. The Labute approximate surface area is 540 Å². The maximum Gasteiger partial charge on any atom is 0.416 e. The van der Waals surface area contributed by atoms with E-state index in [1.807, 2.05) is 121 Å². The van der Waals surface area contributed by atoms with Crippen LogP contribution in [0.2, 0.25) is 0 Å². The van der Waals surface area contributed by atoms with Gasteiger partial charge in [-0.25, -0.2) is 34.3 Å². The maximum atomic E-state index is 15.5. The first-order valence-electron chi connectivity index (χ1n) is 29.2. The second-order valence-corrected chi connectivity index (χ2v) is 22.3.